The van der Waals surface area contributed by atoms with Crippen LogP contribution in [0.4, 0.5) is 18.0 Å². The van der Waals surface area contributed by atoms with Crippen molar-refractivity contribution in [1.29, 1.82) is 0 Å². The van der Waals surface area contributed by atoms with Crippen molar-refractivity contribution >= 4 is 12.1 Å². The third kappa shape index (κ3) is 6.26. The topological polar surface area (TPSA) is 90.7 Å². The summed E-state index contributed by atoms with van der Waals surface area (Å²) in [6, 6.07) is 1.83. The monoisotopic (exact) mass is 391 g/mol. The van der Waals surface area contributed by atoms with Crippen molar-refractivity contribution in [2.24, 2.45) is 5.92 Å². The summed E-state index contributed by atoms with van der Waals surface area (Å²) in [5.74, 6) is -1.05. The van der Waals surface area contributed by atoms with Crippen LogP contribution in [0, 0.1) is 5.92 Å². The standard InChI is InChI=1S/C16H20F3N3O5/c1-15(2,3)27-14(25)21-6-10(7-21)8-26-13(24)11-4-5-12(23)22(20-11)9-16(17,18)19/h4-5,10H,6-9H2,1-3H3. The average molecular weight is 391 g/mol. The lowest BCUT2D eigenvalue weighted by atomic mass is 10.0. The van der Waals surface area contributed by atoms with Gasteiger partial charge in [0, 0.05) is 25.1 Å². The van der Waals surface area contributed by atoms with E-state index < -0.39 is 41.6 Å². The van der Waals surface area contributed by atoms with E-state index in [1.54, 1.807) is 20.8 Å². The first kappa shape index (κ1) is 20.7. The van der Waals surface area contributed by atoms with Gasteiger partial charge in [0.1, 0.15) is 12.1 Å². The number of carbonyl (C=O) groups excluding carboxylic acids is 2. The molecule has 1 amide bonds. The van der Waals surface area contributed by atoms with Crippen molar-refractivity contribution in [2.45, 2.75) is 39.1 Å². The van der Waals surface area contributed by atoms with Crippen LogP contribution < -0.4 is 5.56 Å². The van der Waals surface area contributed by atoms with Crippen LogP contribution in [0.3, 0.4) is 0 Å². The Kier molecular flexibility index (Phi) is 5.81. The number of alkyl halides is 3. The third-order valence-corrected chi connectivity index (χ3v) is 3.46. The number of rotatable bonds is 4. The molecule has 1 fully saturated rings. The Morgan fingerprint density at radius 3 is 2.41 bits per heavy atom. The lowest BCUT2D eigenvalue weighted by Gasteiger charge is -2.39. The van der Waals surface area contributed by atoms with Gasteiger partial charge in [-0.3, -0.25) is 4.79 Å². The van der Waals surface area contributed by atoms with E-state index in [9.17, 15) is 27.6 Å². The average Bonchev–Trinajstić information content (AvgIpc) is 2.44. The number of nitrogens with zero attached hydrogens (tertiary/aromatic N) is 3. The fourth-order valence-electron chi connectivity index (χ4n) is 2.26. The molecule has 27 heavy (non-hydrogen) atoms. The molecule has 0 bridgehead atoms. The quantitative estimate of drug-likeness (QED) is 0.728. The summed E-state index contributed by atoms with van der Waals surface area (Å²) in [4.78, 5) is 36.6. The number of halogens is 3. The van der Waals surface area contributed by atoms with Gasteiger partial charge < -0.3 is 14.4 Å². The van der Waals surface area contributed by atoms with E-state index in [2.05, 4.69) is 5.10 Å². The second kappa shape index (κ2) is 7.57. The van der Waals surface area contributed by atoms with Gasteiger partial charge >= 0.3 is 18.2 Å². The molecule has 0 aliphatic carbocycles. The van der Waals surface area contributed by atoms with Gasteiger partial charge in [-0.1, -0.05) is 0 Å². The molecule has 1 saturated heterocycles. The molecule has 1 aromatic rings. The Balaban J connectivity index is 1.85. The second-order valence-corrected chi connectivity index (χ2v) is 7.18. The van der Waals surface area contributed by atoms with Gasteiger partial charge in [-0.15, -0.1) is 0 Å². The number of carbonyl (C=O) groups is 2. The van der Waals surface area contributed by atoms with Crippen LogP contribution in [-0.2, 0) is 16.0 Å². The van der Waals surface area contributed by atoms with Crippen LogP contribution in [0.5, 0.6) is 0 Å². The molecule has 150 valence electrons. The Bertz CT molecular complexity index is 764. The summed E-state index contributed by atoms with van der Waals surface area (Å²) >= 11 is 0. The molecule has 11 heteroatoms. The zero-order chi connectivity index (χ0) is 20.4. The molecule has 1 aliphatic heterocycles. The highest BCUT2D eigenvalue weighted by Crippen LogP contribution is 2.20. The van der Waals surface area contributed by atoms with Crippen molar-refractivity contribution in [3.63, 3.8) is 0 Å². The van der Waals surface area contributed by atoms with Gasteiger partial charge in [0.05, 0.1) is 6.61 Å². The molecule has 0 aromatic carbocycles. The second-order valence-electron chi connectivity index (χ2n) is 7.18. The predicted octanol–water partition coefficient (Wildman–Crippen LogP) is 1.83. The minimum atomic E-state index is -4.64. The van der Waals surface area contributed by atoms with Crippen LogP contribution in [0.25, 0.3) is 0 Å². The summed E-state index contributed by atoms with van der Waals surface area (Å²) in [7, 11) is 0. The zero-order valence-corrected chi connectivity index (χ0v) is 15.1. The number of hydrogen-bond donors (Lipinski definition) is 0. The molecule has 0 N–H and O–H groups in total. The lowest BCUT2D eigenvalue weighted by molar-refractivity contribution is -0.143. The fraction of sp³-hybridized carbons (Fsp3) is 0.625. The Morgan fingerprint density at radius 1 is 1.22 bits per heavy atom. The normalized spacial score (nSPS) is 15.3. The summed E-state index contributed by atoms with van der Waals surface area (Å²) < 4.78 is 47.6. The lowest BCUT2D eigenvalue weighted by Crippen LogP contribution is -2.53. The summed E-state index contributed by atoms with van der Waals surface area (Å²) in [6.45, 7) is 4.28. The summed E-state index contributed by atoms with van der Waals surface area (Å²) in [5, 5.41) is 3.39. The van der Waals surface area contributed by atoms with Crippen LogP contribution in [0.1, 0.15) is 31.3 Å². The van der Waals surface area contributed by atoms with Gasteiger partial charge in [0.15, 0.2) is 5.69 Å². The maximum atomic E-state index is 12.4. The fourth-order valence-corrected chi connectivity index (χ4v) is 2.26. The number of aromatic nitrogens is 2. The van der Waals surface area contributed by atoms with Crippen LogP contribution in [0.2, 0.25) is 0 Å². The van der Waals surface area contributed by atoms with E-state index >= 15 is 0 Å². The minimum Gasteiger partial charge on any atom is -0.460 e. The first-order valence-corrected chi connectivity index (χ1v) is 8.14. The van der Waals surface area contributed by atoms with E-state index in [4.69, 9.17) is 9.47 Å². The molecule has 0 spiro atoms. The highest BCUT2D eigenvalue weighted by atomic mass is 19.4. The third-order valence-electron chi connectivity index (χ3n) is 3.46. The first-order chi connectivity index (χ1) is 12.3. The molecule has 1 aromatic heterocycles. The van der Waals surface area contributed by atoms with Gasteiger partial charge in [0.25, 0.3) is 5.56 Å². The highest BCUT2D eigenvalue weighted by Gasteiger charge is 2.34. The molecule has 8 nitrogen and oxygen atoms in total. The molecular formula is C16H20F3N3O5. The number of amides is 1. The maximum absolute atomic E-state index is 12.4. The highest BCUT2D eigenvalue weighted by molar-refractivity contribution is 5.86. The first-order valence-electron chi connectivity index (χ1n) is 8.14. The van der Waals surface area contributed by atoms with Gasteiger partial charge in [0.2, 0.25) is 0 Å². The minimum absolute atomic E-state index is 0.0296. The molecule has 0 unspecified atom stereocenters. The molecular weight excluding hydrogens is 371 g/mol. The van der Waals surface area contributed by atoms with Crippen LogP contribution in [0.15, 0.2) is 16.9 Å². The molecule has 0 radical (unpaired) electrons. The van der Waals surface area contributed by atoms with Crippen LogP contribution >= 0.6 is 0 Å². The molecule has 1 aliphatic rings. The van der Waals surface area contributed by atoms with E-state index in [0.717, 1.165) is 12.1 Å². The Labute approximate surface area is 152 Å². The van der Waals surface area contributed by atoms with Gasteiger partial charge in [-0.05, 0) is 26.8 Å². The van der Waals surface area contributed by atoms with E-state index in [-0.39, 0.29) is 17.2 Å². The number of ether oxygens (including phenoxy) is 2. The summed E-state index contributed by atoms with van der Waals surface area (Å²) in [6.07, 6.45) is -5.11. The smallest absolute Gasteiger partial charge is 0.410 e. The number of likely N-dealkylation sites (tertiary alicyclic amines) is 1. The van der Waals surface area contributed by atoms with Gasteiger partial charge in [-0.25, -0.2) is 14.3 Å². The predicted molar refractivity (Wildman–Crippen MR) is 86.1 cm³/mol. The zero-order valence-electron chi connectivity index (χ0n) is 15.1. The molecule has 0 atom stereocenters. The van der Waals surface area contributed by atoms with Crippen molar-refractivity contribution < 1.29 is 32.2 Å². The number of esters is 1. The SMILES string of the molecule is CC(C)(C)OC(=O)N1CC(COC(=O)c2ccc(=O)n(CC(F)(F)F)n2)C1. The number of hydrogen-bond acceptors (Lipinski definition) is 6. The van der Waals surface area contributed by atoms with E-state index in [1.807, 2.05) is 0 Å². The van der Waals surface area contributed by atoms with Crippen LogP contribution in [-0.4, -0.2) is 58.2 Å². The van der Waals surface area contributed by atoms with E-state index in [1.165, 1.54) is 4.90 Å². The summed E-state index contributed by atoms with van der Waals surface area (Å²) in [5.41, 5.74) is -1.99. The van der Waals surface area contributed by atoms with Crippen molar-refractivity contribution in [1.82, 2.24) is 14.7 Å². The largest absolute Gasteiger partial charge is 0.460 e. The molecule has 0 saturated carbocycles. The van der Waals surface area contributed by atoms with Crippen molar-refractivity contribution in [3.05, 3.63) is 28.2 Å². The van der Waals surface area contributed by atoms with Gasteiger partial charge in [-0.2, -0.15) is 18.3 Å². The molecule has 2 rings (SSSR count). The molecule has 2 heterocycles. The Hall–Kier alpha value is -2.59. The maximum Gasteiger partial charge on any atom is 0.410 e. The Morgan fingerprint density at radius 2 is 1.85 bits per heavy atom. The van der Waals surface area contributed by atoms with Crippen molar-refractivity contribution in [3.8, 4) is 0 Å². The van der Waals surface area contributed by atoms with E-state index in [0.29, 0.717) is 13.1 Å². The van der Waals surface area contributed by atoms with Crippen molar-refractivity contribution in [2.75, 3.05) is 19.7 Å².